The minimum Gasteiger partial charge on any atom is -0.497 e. The molecule has 1 aliphatic heterocycles. The van der Waals surface area contributed by atoms with Gasteiger partial charge in [-0.2, -0.15) is 0 Å². The summed E-state index contributed by atoms with van der Waals surface area (Å²) in [6.45, 7) is 0. The first-order chi connectivity index (χ1) is 10.3. The molecule has 0 amide bonds. The number of ether oxygens (including phenoxy) is 2. The largest absolute Gasteiger partial charge is 0.497 e. The molecular weight excluding hydrogens is 266 g/mol. The SMILES string of the molecule is COc1ccc(C=C2N=C(c3ccccc3)OC2=O)cc1. The van der Waals surface area contributed by atoms with Crippen molar-refractivity contribution in [1.82, 2.24) is 0 Å². The number of carbonyl (C=O) groups is 1. The lowest BCUT2D eigenvalue weighted by Crippen LogP contribution is -2.04. The molecule has 0 atom stereocenters. The molecule has 0 saturated heterocycles. The summed E-state index contributed by atoms with van der Waals surface area (Å²) in [4.78, 5) is 16.1. The van der Waals surface area contributed by atoms with Crippen molar-refractivity contribution in [2.45, 2.75) is 0 Å². The number of hydrogen-bond donors (Lipinski definition) is 0. The molecule has 0 bridgehead atoms. The molecule has 0 radical (unpaired) electrons. The van der Waals surface area contributed by atoms with Crippen LogP contribution >= 0.6 is 0 Å². The highest BCUT2D eigenvalue weighted by Gasteiger charge is 2.23. The maximum atomic E-state index is 11.9. The third-order valence-electron chi connectivity index (χ3n) is 3.06. The van der Waals surface area contributed by atoms with Crippen molar-refractivity contribution in [3.05, 3.63) is 71.4 Å². The van der Waals surface area contributed by atoms with E-state index in [1.807, 2.05) is 54.6 Å². The van der Waals surface area contributed by atoms with Crippen LogP contribution in [0.15, 0.2) is 65.3 Å². The number of aliphatic imine (C=N–C) groups is 1. The van der Waals surface area contributed by atoms with Crippen molar-refractivity contribution >= 4 is 17.9 Å². The Hall–Kier alpha value is -2.88. The van der Waals surface area contributed by atoms with Crippen LogP contribution in [0.25, 0.3) is 6.08 Å². The second-order valence-electron chi connectivity index (χ2n) is 4.48. The van der Waals surface area contributed by atoms with Gasteiger partial charge >= 0.3 is 5.97 Å². The van der Waals surface area contributed by atoms with E-state index in [1.54, 1.807) is 13.2 Å². The van der Waals surface area contributed by atoms with Crippen molar-refractivity contribution in [3.8, 4) is 5.75 Å². The second-order valence-corrected chi connectivity index (χ2v) is 4.48. The van der Waals surface area contributed by atoms with Gasteiger partial charge in [0.1, 0.15) is 5.75 Å². The molecule has 0 N–H and O–H groups in total. The molecular formula is C17H13NO3. The van der Waals surface area contributed by atoms with Gasteiger partial charge in [-0.25, -0.2) is 9.79 Å². The topological polar surface area (TPSA) is 47.9 Å². The summed E-state index contributed by atoms with van der Waals surface area (Å²) in [7, 11) is 1.61. The first-order valence-corrected chi connectivity index (χ1v) is 6.48. The third-order valence-corrected chi connectivity index (χ3v) is 3.06. The Morgan fingerprint density at radius 3 is 2.43 bits per heavy atom. The Kier molecular flexibility index (Phi) is 3.51. The smallest absolute Gasteiger partial charge is 0.363 e. The lowest BCUT2D eigenvalue weighted by molar-refractivity contribution is -0.129. The molecule has 0 saturated carbocycles. The van der Waals surface area contributed by atoms with Crippen LogP contribution in [0.1, 0.15) is 11.1 Å². The number of nitrogens with zero attached hydrogens (tertiary/aromatic N) is 1. The Balaban J connectivity index is 1.89. The summed E-state index contributed by atoms with van der Waals surface area (Å²) in [5, 5.41) is 0. The Bertz CT molecular complexity index is 715. The van der Waals surface area contributed by atoms with E-state index < -0.39 is 5.97 Å². The molecule has 0 aliphatic carbocycles. The molecule has 1 aliphatic rings. The number of esters is 1. The van der Waals surface area contributed by atoms with Crippen molar-refractivity contribution in [2.75, 3.05) is 7.11 Å². The zero-order valence-electron chi connectivity index (χ0n) is 11.4. The van der Waals surface area contributed by atoms with Gasteiger partial charge in [-0.3, -0.25) is 0 Å². The van der Waals surface area contributed by atoms with Gasteiger partial charge in [0.2, 0.25) is 5.90 Å². The summed E-state index contributed by atoms with van der Waals surface area (Å²) in [5.74, 6) is 0.657. The first-order valence-electron chi connectivity index (χ1n) is 6.48. The summed E-state index contributed by atoms with van der Waals surface area (Å²) in [6, 6.07) is 16.7. The Labute approximate surface area is 122 Å². The number of cyclic esters (lactones) is 1. The van der Waals surface area contributed by atoms with Crippen LogP contribution in [-0.2, 0) is 9.53 Å². The minimum absolute atomic E-state index is 0.291. The number of benzene rings is 2. The lowest BCUT2D eigenvalue weighted by Gasteiger charge is -1.99. The fourth-order valence-electron chi connectivity index (χ4n) is 1.97. The van der Waals surface area contributed by atoms with Crippen LogP contribution < -0.4 is 4.74 Å². The molecule has 0 fully saturated rings. The Morgan fingerprint density at radius 2 is 1.76 bits per heavy atom. The van der Waals surface area contributed by atoms with Crippen molar-refractivity contribution < 1.29 is 14.3 Å². The third kappa shape index (κ3) is 2.84. The van der Waals surface area contributed by atoms with Gasteiger partial charge in [-0.15, -0.1) is 0 Å². The molecule has 0 aromatic heterocycles. The van der Waals surface area contributed by atoms with Gasteiger partial charge < -0.3 is 9.47 Å². The fourth-order valence-corrected chi connectivity index (χ4v) is 1.97. The van der Waals surface area contributed by atoms with Crippen LogP contribution in [0.3, 0.4) is 0 Å². The highest BCUT2D eigenvalue weighted by atomic mass is 16.6. The molecule has 2 aromatic rings. The van der Waals surface area contributed by atoms with Crippen molar-refractivity contribution in [3.63, 3.8) is 0 Å². The fraction of sp³-hybridized carbons (Fsp3) is 0.0588. The number of carbonyl (C=O) groups excluding carboxylic acids is 1. The predicted molar refractivity (Wildman–Crippen MR) is 80.0 cm³/mol. The molecule has 104 valence electrons. The van der Waals surface area contributed by atoms with Crippen LogP contribution in [-0.4, -0.2) is 19.0 Å². The maximum absolute atomic E-state index is 11.9. The van der Waals surface area contributed by atoms with E-state index in [4.69, 9.17) is 9.47 Å². The molecule has 3 rings (SSSR count). The highest BCUT2D eigenvalue weighted by Crippen LogP contribution is 2.20. The average Bonchev–Trinajstić information content (AvgIpc) is 2.90. The maximum Gasteiger partial charge on any atom is 0.363 e. The number of methoxy groups -OCH3 is 1. The van der Waals surface area contributed by atoms with Gasteiger partial charge in [0.15, 0.2) is 5.70 Å². The molecule has 4 heteroatoms. The van der Waals surface area contributed by atoms with E-state index in [-0.39, 0.29) is 0 Å². The monoisotopic (exact) mass is 279 g/mol. The first kappa shape index (κ1) is 13.1. The standard InChI is InChI=1S/C17H13NO3/c1-20-14-9-7-12(8-10-14)11-15-17(19)21-16(18-15)13-5-3-2-4-6-13/h2-11H,1H3. The van der Waals surface area contributed by atoms with E-state index in [2.05, 4.69) is 4.99 Å². The van der Waals surface area contributed by atoms with Gasteiger partial charge in [0.05, 0.1) is 7.11 Å². The molecule has 0 unspecified atom stereocenters. The van der Waals surface area contributed by atoms with E-state index in [9.17, 15) is 4.79 Å². The number of rotatable bonds is 3. The summed E-state index contributed by atoms with van der Waals surface area (Å²) in [5.41, 5.74) is 1.93. The normalized spacial score (nSPS) is 15.8. The lowest BCUT2D eigenvalue weighted by atomic mass is 10.2. The second kappa shape index (κ2) is 5.63. The quantitative estimate of drug-likeness (QED) is 0.641. The molecule has 2 aromatic carbocycles. The molecule has 4 nitrogen and oxygen atoms in total. The summed E-state index contributed by atoms with van der Waals surface area (Å²) >= 11 is 0. The highest BCUT2D eigenvalue weighted by molar-refractivity contribution is 6.12. The molecule has 0 spiro atoms. The van der Waals surface area contributed by atoms with E-state index in [0.29, 0.717) is 11.6 Å². The average molecular weight is 279 g/mol. The van der Waals surface area contributed by atoms with Gasteiger partial charge in [0, 0.05) is 5.56 Å². The van der Waals surface area contributed by atoms with E-state index in [1.165, 1.54) is 0 Å². The van der Waals surface area contributed by atoms with Gasteiger partial charge in [-0.1, -0.05) is 30.3 Å². The van der Waals surface area contributed by atoms with Crippen molar-refractivity contribution in [1.29, 1.82) is 0 Å². The van der Waals surface area contributed by atoms with E-state index >= 15 is 0 Å². The number of hydrogen-bond acceptors (Lipinski definition) is 4. The minimum atomic E-state index is -0.440. The Morgan fingerprint density at radius 1 is 1.05 bits per heavy atom. The summed E-state index contributed by atoms with van der Waals surface area (Å²) in [6.07, 6.45) is 1.69. The van der Waals surface area contributed by atoms with Crippen LogP contribution in [0.5, 0.6) is 5.75 Å². The molecule has 1 heterocycles. The van der Waals surface area contributed by atoms with Crippen LogP contribution in [0, 0.1) is 0 Å². The van der Waals surface area contributed by atoms with Gasteiger partial charge in [-0.05, 0) is 35.9 Å². The predicted octanol–water partition coefficient (Wildman–Crippen LogP) is 3.04. The van der Waals surface area contributed by atoms with E-state index in [0.717, 1.165) is 16.9 Å². The zero-order valence-corrected chi connectivity index (χ0v) is 11.4. The summed E-state index contributed by atoms with van der Waals surface area (Å²) < 4.78 is 10.3. The van der Waals surface area contributed by atoms with Crippen LogP contribution in [0.2, 0.25) is 0 Å². The van der Waals surface area contributed by atoms with Gasteiger partial charge in [0.25, 0.3) is 0 Å². The van der Waals surface area contributed by atoms with Crippen molar-refractivity contribution in [2.24, 2.45) is 4.99 Å². The van der Waals surface area contributed by atoms with Crippen LogP contribution in [0.4, 0.5) is 0 Å². The zero-order chi connectivity index (χ0) is 14.7. The molecule has 21 heavy (non-hydrogen) atoms.